The van der Waals surface area contributed by atoms with Gasteiger partial charge >= 0.3 is 5.97 Å². The predicted octanol–water partition coefficient (Wildman–Crippen LogP) is 2.80. The number of aliphatic carboxylic acids is 1. The third kappa shape index (κ3) is 3.48. The normalized spacial score (nSPS) is 30.2. The van der Waals surface area contributed by atoms with E-state index >= 15 is 0 Å². The lowest BCUT2D eigenvalue weighted by molar-refractivity contribution is -0.146. The first-order valence-corrected chi connectivity index (χ1v) is 6.59. The summed E-state index contributed by atoms with van der Waals surface area (Å²) in [5.41, 5.74) is -0.625. The lowest BCUT2D eigenvalue weighted by Crippen LogP contribution is -2.54. The number of carbonyl (C=O) groups is 1. The van der Waals surface area contributed by atoms with Crippen molar-refractivity contribution in [3.8, 4) is 0 Å². The molecule has 0 radical (unpaired) electrons. The van der Waals surface area contributed by atoms with E-state index in [1.165, 1.54) is 12.8 Å². The van der Waals surface area contributed by atoms with Crippen molar-refractivity contribution in [1.29, 1.82) is 0 Å². The van der Waals surface area contributed by atoms with E-state index in [0.717, 1.165) is 38.6 Å². The number of carboxylic acid groups (broad SMARTS) is 1. The van der Waals surface area contributed by atoms with Crippen LogP contribution in [-0.2, 0) is 4.79 Å². The van der Waals surface area contributed by atoms with Crippen molar-refractivity contribution >= 4 is 5.97 Å². The molecular weight excluding hydrogens is 202 g/mol. The Bertz CT molecular complexity index is 220. The van der Waals surface area contributed by atoms with Crippen LogP contribution >= 0.6 is 0 Å². The lowest BCUT2D eigenvalue weighted by atomic mass is 9.77. The molecule has 0 aliphatic heterocycles. The van der Waals surface area contributed by atoms with Crippen molar-refractivity contribution in [2.45, 2.75) is 64.3 Å². The van der Waals surface area contributed by atoms with E-state index in [-0.39, 0.29) is 0 Å². The smallest absolute Gasteiger partial charge is 0.323 e. The Balaban J connectivity index is 2.43. The van der Waals surface area contributed by atoms with Crippen LogP contribution in [0.25, 0.3) is 0 Å². The molecule has 3 heteroatoms. The minimum absolute atomic E-state index is 0.625. The van der Waals surface area contributed by atoms with Crippen molar-refractivity contribution in [1.82, 2.24) is 5.32 Å². The van der Waals surface area contributed by atoms with E-state index in [0.29, 0.717) is 5.92 Å². The molecule has 0 aromatic rings. The second kappa shape index (κ2) is 6.24. The molecule has 1 aliphatic carbocycles. The fraction of sp³-hybridized carbons (Fsp3) is 0.923. The first-order valence-electron chi connectivity index (χ1n) is 6.59. The molecule has 0 aromatic carbocycles. The highest BCUT2D eigenvalue weighted by atomic mass is 16.4. The molecule has 1 aliphatic rings. The first kappa shape index (κ1) is 13.5. The van der Waals surface area contributed by atoms with Gasteiger partial charge in [-0.1, -0.05) is 26.7 Å². The molecule has 1 fully saturated rings. The SMILES string of the molecule is CCCCCNC1(C(=O)O)CCC(C)CC1. The van der Waals surface area contributed by atoms with Crippen LogP contribution in [0.4, 0.5) is 0 Å². The molecule has 94 valence electrons. The Morgan fingerprint density at radius 3 is 2.50 bits per heavy atom. The summed E-state index contributed by atoms with van der Waals surface area (Å²) in [7, 11) is 0. The Labute approximate surface area is 98.6 Å². The second-order valence-electron chi connectivity index (χ2n) is 5.20. The van der Waals surface area contributed by atoms with Gasteiger partial charge in [-0.2, -0.15) is 0 Å². The summed E-state index contributed by atoms with van der Waals surface area (Å²) in [6.07, 6.45) is 7.09. The van der Waals surface area contributed by atoms with Crippen LogP contribution < -0.4 is 5.32 Å². The van der Waals surface area contributed by atoms with Crippen LogP contribution in [0.1, 0.15) is 58.8 Å². The molecule has 0 heterocycles. The maximum Gasteiger partial charge on any atom is 0.323 e. The largest absolute Gasteiger partial charge is 0.480 e. The molecule has 2 N–H and O–H groups in total. The zero-order chi connectivity index (χ0) is 12.0. The standard InChI is InChI=1S/C13H25NO2/c1-3-4-5-10-14-13(12(15)16)8-6-11(2)7-9-13/h11,14H,3-10H2,1-2H3,(H,15,16). The predicted molar refractivity (Wildman–Crippen MR) is 65.5 cm³/mol. The summed E-state index contributed by atoms with van der Waals surface area (Å²) in [6.45, 7) is 5.21. The summed E-state index contributed by atoms with van der Waals surface area (Å²) in [4.78, 5) is 11.4. The van der Waals surface area contributed by atoms with E-state index in [4.69, 9.17) is 0 Å². The molecule has 0 saturated heterocycles. The van der Waals surface area contributed by atoms with Crippen LogP contribution in [0.3, 0.4) is 0 Å². The van der Waals surface area contributed by atoms with Gasteiger partial charge in [0, 0.05) is 0 Å². The van der Waals surface area contributed by atoms with Gasteiger partial charge in [-0.15, -0.1) is 0 Å². The van der Waals surface area contributed by atoms with Gasteiger partial charge in [0.15, 0.2) is 0 Å². The number of hydrogen-bond donors (Lipinski definition) is 2. The van der Waals surface area contributed by atoms with Gasteiger partial charge in [0.2, 0.25) is 0 Å². The number of rotatable bonds is 6. The highest BCUT2D eigenvalue weighted by Gasteiger charge is 2.40. The zero-order valence-electron chi connectivity index (χ0n) is 10.6. The van der Waals surface area contributed by atoms with Crippen molar-refractivity contribution in [3.63, 3.8) is 0 Å². The number of unbranched alkanes of at least 4 members (excludes halogenated alkanes) is 2. The van der Waals surface area contributed by atoms with Crippen LogP contribution in [0.2, 0.25) is 0 Å². The lowest BCUT2D eigenvalue weighted by Gasteiger charge is -2.36. The monoisotopic (exact) mass is 227 g/mol. The van der Waals surface area contributed by atoms with E-state index < -0.39 is 11.5 Å². The Morgan fingerprint density at radius 2 is 2.00 bits per heavy atom. The van der Waals surface area contributed by atoms with E-state index in [9.17, 15) is 9.90 Å². The second-order valence-corrected chi connectivity index (χ2v) is 5.20. The van der Waals surface area contributed by atoms with Crippen LogP contribution in [0.15, 0.2) is 0 Å². The number of carboxylic acids is 1. The molecular formula is C13H25NO2. The first-order chi connectivity index (χ1) is 7.60. The van der Waals surface area contributed by atoms with Crippen LogP contribution in [0.5, 0.6) is 0 Å². The van der Waals surface area contributed by atoms with Crippen LogP contribution in [-0.4, -0.2) is 23.2 Å². The topological polar surface area (TPSA) is 49.3 Å². The molecule has 0 bridgehead atoms. The average molecular weight is 227 g/mol. The summed E-state index contributed by atoms with van der Waals surface area (Å²) >= 11 is 0. The maximum absolute atomic E-state index is 11.4. The molecule has 3 nitrogen and oxygen atoms in total. The molecule has 0 amide bonds. The van der Waals surface area contributed by atoms with Crippen molar-refractivity contribution in [2.24, 2.45) is 5.92 Å². The van der Waals surface area contributed by atoms with Gasteiger partial charge in [0.25, 0.3) is 0 Å². The zero-order valence-corrected chi connectivity index (χ0v) is 10.6. The molecule has 0 unspecified atom stereocenters. The van der Waals surface area contributed by atoms with Crippen molar-refractivity contribution in [2.75, 3.05) is 6.54 Å². The van der Waals surface area contributed by atoms with Crippen LogP contribution in [0, 0.1) is 5.92 Å². The molecule has 1 rings (SSSR count). The minimum atomic E-state index is -0.657. The van der Waals surface area contributed by atoms with E-state index in [1.807, 2.05) is 0 Å². The molecule has 0 aromatic heterocycles. The van der Waals surface area contributed by atoms with Gasteiger partial charge < -0.3 is 10.4 Å². The summed E-state index contributed by atoms with van der Waals surface area (Å²) < 4.78 is 0. The summed E-state index contributed by atoms with van der Waals surface area (Å²) in [5.74, 6) is 0.0285. The van der Waals surface area contributed by atoms with Crippen molar-refractivity contribution < 1.29 is 9.90 Å². The average Bonchev–Trinajstić information content (AvgIpc) is 2.27. The fourth-order valence-corrected chi connectivity index (χ4v) is 2.42. The third-order valence-corrected chi connectivity index (χ3v) is 3.78. The van der Waals surface area contributed by atoms with Gasteiger partial charge in [-0.3, -0.25) is 4.79 Å². The Morgan fingerprint density at radius 1 is 1.38 bits per heavy atom. The minimum Gasteiger partial charge on any atom is -0.480 e. The molecule has 16 heavy (non-hydrogen) atoms. The Hall–Kier alpha value is -0.570. The number of hydrogen-bond acceptors (Lipinski definition) is 2. The van der Waals surface area contributed by atoms with Gasteiger partial charge in [-0.05, 0) is 44.6 Å². The van der Waals surface area contributed by atoms with Gasteiger partial charge in [0.1, 0.15) is 5.54 Å². The summed E-state index contributed by atoms with van der Waals surface area (Å²) in [5, 5.41) is 12.7. The van der Waals surface area contributed by atoms with E-state index in [1.54, 1.807) is 0 Å². The van der Waals surface area contributed by atoms with Crippen molar-refractivity contribution in [3.05, 3.63) is 0 Å². The quantitative estimate of drug-likeness (QED) is 0.686. The van der Waals surface area contributed by atoms with Gasteiger partial charge in [-0.25, -0.2) is 0 Å². The fourth-order valence-electron chi connectivity index (χ4n) is 2.42. The third-order valence-electron chi connectivity index (χ3n) is 3.78. The molecule has 0 atom stereocenters. The Kier molecular flexibility index (Phi) is 5.26. The van der Waals surface area contributed by atoms with Gasteiger partial charge in [0.05, 0.1) is 0 Å². The molecule has 1 saturated carbocycles. The molecule has 0 spiro atoms. The highest BCUT2D eigenvalue weighted by molar-refractivity contribution is 5.78. The maximum atomic E-state index is 11.4. The number of nitrogens with one attached hydrogen (secondary N) is 1. The van der Waals surface area contributed by atoms with E-state index in [2.05, 4.69) is 19.2 Å². The summed E-state index contributed by atoms with van der Waals surface area (Å²) in [6, 6.07) is 0. The highest BCUT2D eigenvalue weighted by Crippen LogP contribution is 2.32.